The molecule has 12 heavy (non-hydrogen) atoms. The molecule has 0 spiro atoms. The van der Waals surface area contributed by atoms with Gasteiger partial charge in [-0.15, -0.1) is 0 Å². The normalized spacial score (nSPS) is 15.7. The summed E-state index contributed by atoms with van der Waals surface area (Å²) in [5, 5.41) is 0. The van der Waals surface area contributed by atoms with Crippen LogP contribution in [-0.4, -0.2) is 11.9 Å². The number of hydrogen-bond acceptors (Lipinski definition) is 1. The Hall–Kier alpha value is -0.655. The van der Waals surface area contributed by atoms with Crippen molar-refractivity contribution in [3.8, 4) is 0 Å². The van der Waals surface area contributed by atoms with E-state index in [1.54, 1.807) is 13.2 Å². The molecule has 1 aromatic rings. The Balaban J connectivity index is 0.000000120. The summed E-state index contributed by atoms with van der Waals surface area (Å²) in [6, 6.07) is 3.83. The van der Waals surface area contributed by atoms with Gasteiger partial charge in [-0.05, 0) is 0 Å². The third kappa shape index (κ3) is 5.06. The van der Waals surface area contributed by atoms with Crippen molar-refractivity contribution in [3.63, 3.8) is 0 Å². The molecule has 64 valence electrons. The van der Waals surface area contributed by atoms with Crippen molar-refractivity contribution in [3.05, 3.63) is 24.3 Å². The standard InChI is InChI=1S/C6H12.C4H4BN/c2*1-2-4-6-5-3-1/h1-6H2;1-4H. The molecule has 0 atom stereocenters. The molecule has 1 fully saturated rings. The van der Waals surface area contributed by atoms with Gasteiger partial charge < -0.3 is 0 Å². The molecule has 2 heteroatoms. The molecule has 1 nitrogen and oxygen atoms in total. The molecule has 0 amide bonds. The topological polar surface area (TPSA) is 12.9 Å². The summed E-state index contributed by atoms with van der Waals surface area (Å²) in [6.45, 7) is 0. The molecule has 1 aromatic heterocycles. The van der Waals surface area contributed by atoms with Crippen LogP contribution in [0.25, 0.3) is 0 Å². The molecule has 0 aromatic carbocycles. The summed E-state index contributed by atoms with van der Waals surface area (Å²) in [7, 11) is 1.75. The molecule has 0 bridgehead atoms. The zero-order chi connectivity index (χ0) is 8.49. The quantitative estimate of drug-likeness (QED) is 0.570. The Kier molecular flexibility index (Phi) is 5.52. The molecule has 1 aliphatic carbocycles. The van der Waals surface area contributed by atoms with Gasteiger partial charge in [0.15, 0.2) is 0 Å². The van der Waals surface area contributed by atoms with Crippen LogP contribution < -0.4 is 0 Å². The number of nitrogens with zero attached hydrogens (tertiary/aromatic N) is 1. The number of hydrogen-bond donors (Lipinski definition) is 0. The van der Waals surface area contributed by atoms with Crippen LogP contribution in [0.5, 0.6) is 0 Å². The van der Waals surface area contributed by atoms with Crippen LogP contribution in [-0.2, 0) is 0 Å². The van der Waals surface area contributed by atoms with Gasteiger partial charge in [0.1, 0.15) is 0 Å². The van der Waals surface area contributed by atoms with Gasteiger partial charge in [0.05, 0.1) is 0 Å². The summed E-state index contributed by atoms with van der Waals surface area (Å²) in [5.74, 6) is 1.89. The molecule has 0 N–H and O–H groups in total. The molecule has 1 heterocycles. The van der Waals surface area contributed by atoms with E-state index in [2.05, 4.69) is 4.89 Å². The average Bonchev–Trinajstić information content (AvgIpc) is 2.24. The third-order valence-corrected chi connectivity index (χ3v) is 2.07. The first kappa shape index (κ1) is 9.43. The van der Waals surface area contributed by atoms with Crippen molar-refractivity contribution >= 4 is 7.05 Å². The monoisotopic (exact) mass is 161 g/mol. The minimum absolute atomic E-state index is 1.50. The molecule has 0 radical (unpaired) electrons. The van der Waals surface area contributed by atoms with Gasteiger partial charge in [0.25, 0.3) is 0 Å². The van der Waals surface area contributed by atoms with E-state index in [1.807, 2.05) is 18.1 Å². The van der Waals surface area contributed by atoms with E-state index in [4.69, 9.17) is 0 Å². The molecule has 0 aliphatic heterocycles. The van der Waals surface area contributed by atoms with Crippen LogP contribution in [0.3, 0.4) is 0 Å². The Labute approximate surface area is 75.5 Å². The van der Waals surface area contributed by atoms with Crippen LogP contribution in [0.1, 0.15) is 38.5 Å². The maximum absolute atomic E-state index is 3.78. The van der Waals surface area contributed by atoms with Crippen LogP contribution in [0.15, 0.2) is 24.3 Å². The molecule has 1 aliphatic rings. The fraction of sp³-hybridized carbons (Fsp3) is 0.600. The van der Waals surface area contributed by atoms with Crippen LogP contribution in [0, 0.1) is 0 Å². The zero-order valence-corrected chi connectivity index (χ0v) is 7.58. The van der Waals surface area contributed by atoms with Gasteiger partial charge in [0, 0.05) is 0 Å². The second-order valence-corrected chi connectivity index (χ2v) is 3.15. The molecular weight excluding hydrogens is 145 g/mol. The van der Waals surface area contributed by atoms with Crippen LogP contribution in [0.4, 0.5) is 0 Å². The van der Waals surface area contributed by atoms with E-state index in [0.717, 1.165) is 0 Å². The molecule has 0 unspecified atom stereocenters. The molecule has 2 rings (SSSR count). The first-order chi connectivity index (χ1) is 6.00. The predicted molar refractivity (Wildman–Crippen MR) is 53.3 cm³/mol. The van der Waals surface area contributed by atoms with Crippen molar-refractivity contribution in [1.82, 2.24) is 4.89 Å². The van der Waals surface area contributed by atoms with Crippen molar-refractivity contribution in [1.29, 1.82) is 0 Å². The Bertz CT molecular complexity index is 134. The summed E-state index contributed by atoms with van der Waals surface area (Å²) < 4.78 is 0. The molecule has 1 saturated carbocycles. The number of rotatable bonds is 0. The van der Waals surface area contributed by atoms with Crippen molar-refractivity contribution in [2.24, 2.45) is 0 Å². The van der Waals surface area contributed by atoms with Gasteiger partial charge >= 0.3 is 36.2 Å². The fourth-order valence-corrected chi connectivity index (χ4v) is 1.37. The van der Waals surface area contributed by atoms with E-state index < -0.39 is 0 Å². The van der Waals surface area contributed by atoms with Gasteiger partial charge in [-0.2, -0.15) is 0 Å². The van der Waals surface area contributed by atoms with Crippen LogP contribution >= 0.6 is 0 Å². The Morgan fingerprint density at radius 2 is 1.42 bits per heavy atom. The fourth-order valence-electron chi connectivity index (χ4n) is 1.37. The molecule has 0 saturated heterocycles. The first-order valence-corrected chi connectivity index (χ1v) is 4.85. The first-order valence-electron chi connectivity index (χ1n) is 4.85. The van der Waals surface area contributed by atoms with Crippen LogP contribution in [0.2, 0.25) is 0 Å². The van der Waals surface area contributed by atoms with E-state index in [0.29, 0.717) is 0 Å². The predicted octanol–water partition coefficient (Wildman–Crippen LogP) is 2.76. The van der Waals surface area contributed by atoms with Gasteiger partial charge in [-0.1, -0.05) is 38.5 Å². The third-order valence-electron chi connectivity index (χ3n) is 2.07. The maximum atomic E-state index is 3.78. The van der Waals surface area contributed by atoms with Crippen molar-refractivity contribution in [2.75, 3.05) is 0 Å². The van der Waals surface area contributed by atoms with Gasteiger partial charge in [-0.3, -0.25) is 0 Å². The van der Waals surface area contributed by atoms with Crippen molar-refractivity contribution in [2.45, 2.75) is 38.5 Å². The molecular formula is C10H16BN. The van der Waals surface area contributed by atoms with Gasteiger partial charge in [0.2, 0.25) is 0 Å². The average molecular weight is 161 g/mol. The van der Waals surface area contributed by atoms with E-state index in [1.165, 1.54) is 38.5 Å². The SMILES string of the molecule is C1CCCCC1.b1ccccn1. The van der Waals surface area contributed by atoms with E-state index in [9.17, 15) is 0 Å². The Morgan fingerprint density at radius 3 is 1.58 bits per heavy atom. The second kappa shape index (κ2) is 7.02. The summed E-state index contributed by atoms with van der Waals surface area (Å²) in [5.41, 5.74) is 0. The summed E-state index contributed by atoms with van der Waals surface area (Å²) in [4.78, 5) is 3.78. The van der Waals surface area contributed by atoms with Gasteiger partial charge in [-0.25, -0.2) is 0 Å². The summed E-state index contributed by atoms with van der Waals surface area (Å²) in [6.07, 6.45) is 10.8. The van der Waals surface area contributed by atoms with E-state index >= 15 is 0 Å². The Morgan fingerprint density at radius 1 is 0.833 bits per heavy atom. The van der Waals surface area contributed by atoms with E-state index in [-0.39, 0.29) is 0 Å². The zero-order valence-electron chi connectivity index (χ0n) is 7.58. The van der Waals surface area contributed by atoms with Crippen molar-refractivity contribution < 1.29 is 0 Å². The summed E-state index contributed by atoms with van der Waals surface area (Å²) >= 11 is 0. The second-order valence-electron chi connectivity index (χ2n) is 3.15. The minimum atomic E-state index is 1.50. The number of aromatic nitrogens is 1.